The zero-order valence-electron chi connectivity index (χ0n) is 28.5. The first-order valence-corrected chi connectivity index (χ1v) is 17.0. The van der Waals surface area contributed by atoms with Crippen LogP contribution >= 0.6 is 0 Å². The molecular formula is C36H53B2NO4. The summed E-state index contributed by atoms with van der Waals surface area (Å²) in [6.45, 7) is 21.8. The fourth-order valence-corrected chi connectivity index (χ4v) is 7.22. The maximum Gasteiger partial charge on any atom is 0.494 e. The number of hydrogen-bond donors (Lipinski definition) is 0. The number of aromatic nitrogens is 1. The maximum atomic E-state index is 6.56. The van der Waals surface area contributed by atoms with Gasteiger partial charge in [0.15, 0.2) is 0 Å². The Hall–Kier alpha value is -1.79. The van der Waals surface area contributed by atoms with Crippen molar-refractivity contribution in [2.45, 2.75) is 155 Å². The number of nitrogens with zero attached hydrogens (tertiary/aromatic N) is 1. The first-order valence-electron chi connectivity index (χ1n) is 17.0. The highest BCUT2D eigenvalue weighted by Gasteiger charge is 2.53. The van der Waals surface area contributed by atoms with E-state index in [4.69, 9.17) is 18.6 Å². The quantitative estimate of drug-likeness (QED) is 0.180. The third kappa shape index (κ3) is 5.30. The molecule has 0 saturated carbocycles. The van der Waals surface area contributed by atoms with Crippen molar-refractivity contribution in [3.8, 4) is 0 Å². The zero-order valence-corrected chi connectivity index (χ0v) is 28.5. The highest BCUT2D eigenvalue weighted by atomic mass is 16.7. The normalized spacial score (nSPS) is 22.4. The highest BCUT2D eigenvalue weighted by Crippen LogP contribution is 2.43. The number of aryl methyl sites for hydroxylation is 2. The summed E-state index contributed by atoms with van der Waals surface area (Å²) in [7, 11) is -0.736. The van der Waals surface area contributed by atoms with Crippen molar-refractivity contribution in [2.75, 3.05) is 0 Å². The van der Waals surface area contributed by atoms with Crippen molar-refractivity contribution in [3.63, 3.8) is 0 Å². The Bertz CT molecular complexity index is 1390. The SMILES string of the molecule is CCCCCCCCC(C)n1c2cc(B3OC(C)(C)C(C)(C)O3)cc3c2c2c(cc(B4OC(C)(C)C(C)(C)O4)cc21)CC3. The summed E-state index contributed by atoms with van der Waals surface area (Å²) in [4.78, 5) is 0. The highest BCUT2D eigenvalue weighted by molar-refractivity contribution is 6.63. The van der Waals surface area contributed by atoms with Crippen LogP contribution in [0.25, 0.3) is 21.8 Å². The summed E-state index contributed by atoms with van der Waals surface area (Å²) in [5.41, 5.74) is 6.23. The van der Waals surface area contributed by atoms with E-state index in [1.165, 1.54) is 71.5 Å². The number of benzene rings is 2. The average molecular weight is 585 g/mol. The maximum absolute atomic E-state index is 6.56. The Kier molecular flexibility index (Phi) is 7.93. The van der Waals surface area contributed by atoms with Gasteiger partial charge in [-0.1, -0.05) is 57.6 Å². The molecular weight excluding hydrogens is 532 g/mol. The van der Waals surface area contributed by atoms with Gasteiger partial charge in [0.05, 0.1) is 22.4 Å². The molecule has 232 valence electrons. The predicted octanol–water partition coefficient (Wildman–Crippen LogP) is 7.80. The van der Waals surface area contributed by atoms with E-state index >= 15 is 0 Å². The number of rotatable bonds is 10. The van der Waals surface area contributed by atoms with E-state index in [1.807, 2.05) is 0 Å². The molecule has 2 aliphatic heterocycles. The van der Waals surface area contributed by atoms with Crippen LogP contribution in [-0.4, -0.2) is 41.2 Å². The summed E-state index contributed by atoms with van der Waals surface area (Å²) >= 11 is 0. The lowest BCUT2D eigenvalue weighted by Gasteiger charge is -2.32. The Morgan fingerprint density at radius 2 is 1.02 bits per heavy atom. The molecule has 7 heteroatoms. The third-order valence-corrected chi connectivity index (χ3v) is 11.3. The van der Waals surface area contributed by atoms with Crippen molar-refractivity contribution < 1.29 is 18.6 Å². The summed E-state index contributed by atoms with van der Waals surface area (Å²) in [6.07, 6.45) is 11.0. The standard InChI is InChI=1S/C36H53B2NO4/c1-11-12-13-14-15-16-17-24(2)39-29-22-27(37-40-33(3,4)34(5,6)41-37)20-25-18-19-26-21-28(23-30(39)32(26)31(25)29)38-42-35(7,8)36(9,10)43-38/h20-24H,11-19H2,1-10H3. The Morgan fingerprint density at radius 1 is 0.628 bits per heavy atom. The van der Waals surface area contributed by atoms with E-state index in [0.29, 0.717) is 6.04 Å². The number of unbranched alkanes of at least 4 members (excludes halogenated alkanes) is 5. The van der Waals surface area contributed by atoms with Gasteiger partial charge in [-0.15, -0.1) is 0 Å². The van der Waals surface area contributed by atoms with Gasteiger partial charge in [-0.05, 0) is 116 Å². The molecule has 0 radical (unpaired) electrons. The number of hydrogen-bond acceptors (Lipinski definition) is 4. The van der Waals surface area contributed by atoms with Gasteiger partial charge in [0.25, 0.3) is 0 Å². The minimum Gasteiger partial charge on any atom is -0.399 e. The van der Waals surface area contributed by atoms with Gasteiger partial charge in [0.1, 0.15) is 0 Å². The lowest BCUT2D eigenvalue weighted by Crippen LogP contribution is -2.41. The first kappa shape index (κ1) is 31.2. The van der Waals surface area contributed by atoms with Gasteiger partial charge in [-0.2, -0.15) is 0 Å². The lowest BCUT2D eigenvalue weighted by molar-refractivity contribution is 0.00578. The molecule has 1 unspecified atom stereocenters. The first-order chi connectivity index (χ1) is 20.2. The monoisotopic (exact) mass is 585 g/mol. The summed E-state index contributed by atoms with van der Waals surface area (Å²) in [6, 6.07) is 9.81. The molecule has 43 heavy (non-hydrogen) atoms. The van der Waals surface area contributed by atoms with Gasteiger partial charge >= 0.3 is 14.2 Å². The molecule has 1 aromatic heterocycles. The van der Waals surface area contributed by atoms with Crippen LogP contribution in [0.1, 0.15) is 131 Å². The van der Waals surface area contributed by atoms with Crippen molar-refractivity contribution >= 4 is 47.0 Å². The van der Waals surface area contributed by atoms with Crippen molar-refractivity contribution in [2.24, 2.45) is 0 Å². The largest absolute Gasteiger partial charge is 0.494 e. The Labute approximate surface area is 260 Å². The predicted molar refractivity (Wildman–Crippen MR) is 181 cm³/mol. The lowest BCUT2D eigenvalue weighted by atomic mass is 9.74. The van der Waals surface area contributed by atoms with E-state index in [9.17, 15) is 0 Å². The van der Waals surface area contributed by atoms with Gasteiger partial charge in [-0.3, -0.25) is 0 Å². The van der Waals surface area contributed by atoms with Crippen LogP contribution < -0.4 is 10.9 Å². The topological polar surface area (TPSA) is 41.9 Å². The van der Waals surface area contributed by atoms with Crippen molar-refractivity contribution in [1.29, 1.82) is 0 Å². The molecule has 3 aliphatic rings. The molecule has 3 heterocycles. The van der Waals surface area contributed by atoms with Crippen LogP contribution in [0.15, 0.2) is 24.3 Å². The summed E-state index contributed by atoms with van der Waals surface area (Å²) in [5, 5.41) is 2.82. The molecule has 0 spiro atoms. The van der Waals surface area contributed by atoms with Crippen molar-refractivity contribution in [1.82, 2.24) is 4.57 Å². The van der Waals surface area contributed by atoms with Crippen LogP contribution in [0.3, 0.4) is 0 Å². The van der Waals surface area contributed by atoms with Crippen LogP contribution in [0, 0.1) is 0 Å². The molecule has 1 aliphatic carbocycles. The minimum atomic E-state index is -0.369. The van der Waals surface area contributed by atoms with Crippen LogP contribution in [0.4, 0.5) is 0 Å². The van der Waals surface area contributed by atoms with Crippen LogP contribution in [-0.2, 0) is 31.5 Å². The van der Waals surface area contributed by atoms with Crippen LogP contribution in [0.2, 0.25) is 0 Å². The van der Waals surface area contributed by atoms with E-state index in [-0.39, 0.29) is 36.6 Å². The second kappa shape index (κ2) is 10.9. The molecule has 3 aromatic rings. The van der Waals surface area contributed by atoms with E-state index in [0.717, 1.165) is 30.2 Å². The fraction of sp³-hybridized carbons (Fsp3) is 0.667. The third-order valence-electron chi connectivity index (χ3n) is 11.3. The summed E-state index contributed by atoms with van der Waals surface area (Å²) < 4.78 is 28.9. The molecule has 5 nitrogen and oxygen atoms in total. The smallest absolute Gasteiger partial charge is 0.399 e. The van der Waals surface area contributed by atoms with Crippen molar-refractivity contribution in [3.05, 3.63) is 35.4 Å². The Balaban J connectivity index is 1.46. The molecule has 2 saturated heterocycles. The van der Waals surface area contributed by atoms with Gasteiger partial charge in [0, 0.05) is 27.8 Å². The van der Waals surface area contributed by atoms with Gasteiger partial charge in [0.2, 0.25) is 0 Å². The van der Waals surface area contributed by atoms with E-state index in [1.54, 1.807) is 0 Å². The zero-order chi connectivity index (χ0) is 30.9. The average Bonchev–Trinajstić information content (AvgIpc) is 3.46. The molecule has 6 rings (SSSR count). The molecule has 0 N–H and O–H groups in total. The van der Waals surface area contributed by atoms with Crippen LogP contribution in [0.5, 0.6) is 0 Å². The van der Waals surface area contributed by atoms with Gasteiger partial charge in [-0.25, -0.2) is 0 Å². The van der Waals surface area contributed by atoms with E-state index in [2.05, 4.69) is 98.1 Å². The molecule has 0 amide bonds. The second-order valence-electron chi connectivity index (χ2n) is 15.6. The molecule has 1 atom stereocenters. The van der Waals surface area contributed by atoms with Gasteiger partial charge < -0.3 is 23.2 Å². The molecule has 2 fully saturated rings. The molecule has 2 aromatic carbocycles. The summed E-state index contributed by atoms with van der Waals surface area (Å²) in [5.74, 6) is 0. The Morgan fingerprint density at radius 3 is 1.44 bits per heavy atom. The molecule has 0 bridgehead atoms. The van der Waals surface area contributed by atoms with E-state index < -0.39 is 0 Å². The second-order valence-corrected chi connectivity index (χ2v) is 15.6. The fourth-order valence-electron chi connectivity index (χ4n) is 7.22. The minimum absolute atomic E-state index is 0.368.